The number of piperidine rings is 1. The lowest BCUT2D eigenvalue weighted by Crippen LogP contribution is -2.50. The van der Waals surface area contributed by atoms with E-state index in [0.29, 0.717) is 19.0 Å². The van der Waals surface area contributed by atoms with Gasteiger partial charge in [0.25, 0.3) is 0 Å². The maximum Gasteiger partial charge on any atom is 0.191 e. The summed E-state index contributed by atoms with van der Waals surface area (Å²) in [7, 11) is -1.13. The standard InChI is InChI=1S/C18H38N4O2S/c1-6-7-11-22-12-8-16(9-13-22)21-17(19-4)20-15-18(2,3)10-14-25(5,23)24/h16H,6-15H2,1-5H3,(H2,19,20,21). The first-order valence-corrected chi connectivity index (χ1v) is 11.6. The number of sulfone groups is 1. The van der Waals surface area contributed by atoms with Crippen molar-refractivity contribution in [2.75, 3.05) is 45.2 Å². The summed E-state index contributed by atoms with van der Waals surface area (Å²) in [6.07, 6.45) is 6.76. The Kier molecular flexibility index (Phi) is 9.21. The largest absolute Gasteiger partial charge is 0.356 e. The van der Waals surface area contributed by atoms with E-state index in [9.17, 15) is 8.42 Å². The van der Waals surface area contributed by atoms with E-state index in [1.54, 1.807) is 7.05 Å². The van der Waals surface area contributed by atoms with Gasteiger partial charge in [-0.2, -0.15) is 0 Å². The average Bonchev–Trinajstić information content (AvgIpc) is 2.55. The molecule has 0 amide bonds. The zero-order valence-corrected chi connectivity index (χ0v) is 17.6. The number of aliphatic imine (C=N–C) groups is 1. The van der Waals surface area contributed by atoms with Gasteiger partial charge in [0.2, 0.25) is 0 Å². The van der Waals surface area contributed by atoms with E-state index in [4.69, 9.17) is 0 Å². The van der Waals surface area contributed by atoms with Crippen LogP contribution in [0.25, 0.3) is 0 Å². The molecule has 1 aliphatic rings. The molecule has 0 atom stereocenters. The van der Waals surface area contributed by atoms with E-state index in [1.165, 1.54) is 25.6 Å². The molecule has 1 fully saturated rings. The average molecular weight is 375 g/mol. The van der Waals surface area contributed by atoms with Gasteiger partial charge in [0.1, 0.15) is 9.84 Å². The summed E-state index contributed by atoms with van der Waals surface area (Å²) in [6.45, 7) is 10.6. The molecule has 25 heavy (non-hydrogen) atoms. The summed E-state index contributed by atoms with van der Waals surface area (Å²) in [5.74, 6) is 1.05. The molecule has 0 saturated carbocycles. The van der Waals surface area contributed by atoms with Crippen LogP contribution < -0.4 is 10.6 Å². The Labute approximate surface area is 154 Å². The van der Waals surface area contributed by atoms with Crippen LogP contribution in [0.2, 0.25) is 0 Å². The molecule has 0 bridgehead atoms. The van der Waals surface area contributed by atoms with E-state index in [0.717, 1.165) is 31.9 Å². The first-order chi connectivity index (χ1) is 11.6. The molecule has 0 spiro atoms. The Bertz CT molecular complexity index is 509. The van der Waals surface area contributed by atoms with E-state index < -0.39 is 9.84 Å². The van der Waals surface area contributed by atoms with Crippen molar-refractivity contribution in [1.82, 2.24) is 15.5 Å². The second-order valence-electron chi connectivity index (χ2n) is 8.08. The predicted molar refractivity (Wildman–Crippen MR) is 107 cm³/mol. The van der Waals surface area contributed by atoms with Crippen molar-refractivity contribution in [3.63, 3.8) is 0 Å². The fraction of sp³-hybridized carbons (Fsp3) is 0.944. The Morgan fingerprint density at radius 2 is 1.92 bits per heavy atom. The molecule has 1 saturated heterocycles. The molecule has 1 aliphatic heterocycles. The third kappa shape index (κ3) is 10.0. The lowest BCUT2D eigenvalue weighted by atomic mass is 9.90. The summed E-state index contributed by atoms with van der Waals surface area (Å²) in [4.78, 5) is 6.87. The number of hydrogen-bond acceptors (Lipinski definition) is 4. The molecular weight excluding hydrogens is 336 g/mol. The smallest absolute Gasteiger partial charge is 0.191 e. The van der Waals surface area contributed by atoms with Crippen molar-refractivity contribution < 1.29 is 8.42 Å². The molecule has 7 heteroatoms. The predicted octanol–water partition coefficient (Wildman–Crippen LogP) is 1.88. The van der Waals surface area contributed by atoms with Crippen molar-refractivity contribution in [2.24, 2.45) is 10.4 Å². The van der Waals surface area contributed by atoms with Gasteiger partial charge in [-0.05, 0) is 37.6 Å². The van der Waals surface area contributed by atoms with E-state index in [2.05, 4.69) is 41.3 Å². The molecule has 0 aromatic heterocycles. The van der Waals surface area contributed by atoms with Gasteiger partial charge in [-0.1, -0.05) is 27.2 Å². The number of likely N-dealkylation sites (tertiary alicyclic amines) is 1. The van der Waals surface area contributed by atoms with Crippen LogP contribution in [0.1, 0.15) is 52.9 Å². The van der Waals surface area contributed by atoms with Crippen LogP contribution in [-0.4, -0.2) is 70.6 Å². The molecule has 2 N–H and O–H groups in total. The molecule has 1 heterocycles. The molecule has 1 rings (SSSR count). The van der Waals surface area contributed by atoms with Crippen LogP contribution in [0, 0.1) is 5.41 Å². The first-order valence-electron chi connectivity index (χ1n) is 9.52. The lowest BCUT2D eigenvalue weighted by molar-refractivity contribution is 0.203. The van der Waals surface area contributed by atoms with E-state index in [1.807, 2.05) is 0 Å². The zero-order chi connectivity index (χ0) is 18.9. The van der Waals surface area contributed by atoms with Gasteiger partial charge >= 0.3 is 0 Å². The maximum absolute atomic E-state index is 11.4. The van der Waals surface area contributed by atoms with Gasteiger partial charge in [0.05, 0.1) is 5.75 Å². The molecule has 148 valence electrons. The van der Waals surface area contributed by atoms with E-state index in [-0.39, 0.29) is 11.2 Å². The van der Waals surface area contributed by atoms with E-state index >= 15 is 0 Å². The summed E-state index contributed by atoms with van der Waals surface area (Å²) >= 11 is 0. The third-order valence-corrected chi connectivity index (χ3v) is 5.81. The van der Waals surface area contributed by atoms with Crippen LogP contribution in [-0.2, 0) is 9.84 Å². The van der Waals surface area contributed by atoms with Crippen LogP contribution in [0.3, 0.4) is 0 Å². The number of unbranched alkanes of at least 4 members (excludes halogenated alkanes) is 1. The van der Waals surface area contributed by atoms with Crippen LogP contribution in [0.15, 0.2) is 4.99 Å². The molecule has 0 aromatic rings. The monoisotopic (exact) mass is 374 g/mol. The topological polar surface area (TPSA) is 73.8 Å². The van der Waals surface area contributed by atoms with Crippen molar-refractivity contribution in [2.45, 2.75) is 58.9 Å². The SMILES string of the molecule is CCCCN1CCC(NC(=NC)NCC(C)(C)CCS(C)(=O)=O)CC1. The van der Waals surface area contributed by atoms with Crippen LogP contribution in [0.5, 0.6) is 0 Å². The summed E-state index contributed by atoms with van der Waals surface area (Å²) < 4.78 is 22.7. The van der Waals surface area contributed by atoms with Gasteiger partial charge in [-0.25, -0.2) is 8.42 Å². The summed E-state index contributed by atoms with van der Waals surface area (Å²) in [5, 5.41) is 6.89. The van der Waals surface area contributed by atoms with Crippen molar-refractivity contribution >= 4 is 15.8 Å². The van der Waals surface area contributed by atoms with Gasteiger partial charge in [-0.15, -0.1) is 0 Å². The normalized spacial score (nSPS) is 18.4. The van der Waals surface area contributed by atoms with Gasteiger partial charge in [0, 0.05) is 39.0 Å². The number of hydrogen-bond donors (Lipinski definition) is 2. The van der Waals surface area contributed by atoms with Crippen LogP contribution >= 0.6 is 0 Å². The summed E-state index contributed by atoms with van der Waals surface area (Å²) in [5.41, 5.74) is -0.0930. The summed E-state index contributed by atoms with van der Waals surface area (Å²) in [6, 6.07) is 0.461. The van der Waals surface area contributed by atoms with Gasteiger partial charge < -0.3 is 15.5 Å². The molecule has 0 radical (unpaired) electrons. The quantitative estimate of drug-likeness (QED) is 0.476. The van der Waals surface area contributed by atoms with Crippen molar-refractivity contribution in [3.05, 3.63) is 0 Å². The number of nitrogens with zero attached hydrogens (tertiary/aromatic N) is 2. The van der Waals surface area contributed by atoms with Gasteiger partial charge in [-0.3, -0.25) is 4.99 Å². The van der Waals surface area contributed by atoms with Crippen molar-refractivity contribution in [3.8, 4) is 0 Å². The Morgan fingerprint density at radius 3 is 2.44 bits per heavy atom. The highest BCUT2D eigenvalue weighted by Crippen LogP contribution is 2.19. The Balaban J connectivity index is 2.35. The zero-order valence-electron chi connectivity index (χ0n) is 16.8. The first kappa shape index (κ1) is 22.2. The number of guanidine groups is 1. The molecule has 6 nitrogen and oxygen atoms in total. The molecule has 0 unspecified atom stereocenters. The second kappa shape index (κ2) is 10.4. The Hall–Kier alpha value is -0.820. The lowest BCUT2D eigenvalue weighted by Gasteiger charge is -2.33. The Morgan fingerprint density at radius 1 is 1.28 bits per heavy atom. The maximum atomic E-state index is 11.4. The molecule has 0 aliphatic carbocycles. The second-order valence-corrected chi connectivity index (χ2v) is 10.3. The highest BCUT2D eigenvalue weighted by molar-refractivity contribution is 7.90. The minimum atomic E-state index is -2.91. The highest BCUT2D eigenvalue weighted by Gasteiger charge is 2.22. The number of rotatable bonds is 9. The third-order valence-electron chi connectivity index (χ3n) is 4.86. The number of nitrogens with one attached hydrogen (secondary N) is 2. The minimum Gasteiger partial charge on any atom is -0.356 e. The molecule has 0 aromatic carbocycles. The fourth-order valence-electron chi connectivity index (χ4n) is 2.94. The van der Waals surface area contributed by atoms with Gasteiger partial charge in [0.15, 0.2) is 5.96 Å². The highest BCUT2D eigenvalue weighted by atomic mass is 32.2. The fourth-order valence-corrected chi connectivity index (χ4v) is 3.87. The van der Waals surface area contributed by atoms with Crippen molar-refractivity contribution in [1.29, 1.82) is 0 Å². The minimum absolute atomic E-state index is 0.0930. The van der Waals surface area contributed by atoms with Crippen LogP contribution in [0.4, 0.5) is 0 Å². The molecular formula is C18H38N4O2S.